The Morgan fingerprint density at radius 2 is 2.12 bits per heavy atom. The molecule has 0 bridgehead atoms. The van der Waals surface area contributed by atoms with Crippen molar-refractivity contribution in [2.24, 2.45) is 0 Å². The molecule has 0 spiro atoms. The zero-order valence-electron chi connectivity index (χ0n) is 9.71. The third-order valence-electron chi connectivity index (χ3n) is 3.27. The SMILES string of the molecule is c1ccc(-c2nncn2C2CCCNC2)cc1. The summed E-state index contributed by atoms with van der Waals surface area (Å²) in [5, 5.41) is 11.7. The van der Waals surface area contributed by atoms with Gasteiger partial charge in [0.25, 0.3) is 0 Å². The molecule has 2 heterocycles. The van der Waals surface area contributed by atoms with E-state index in [9.17, 15) is 0 Å². The molecule has 4 heteroatoms. The third kappa shape index (κ3) is 2.08. The monoisotopic (exact) mass is 228 g/mol. The van der Waals surface area contributed by atoms with Gasteiger partial charge in [-0.3, -0.25) is 0 Å². The summed E-state index contributed by atoms with van der Waals surface area (Å²) in [4.78, 5) is 0. The van der Waals surface area contributed by atoms with Gasteiger partial charge in [-0.05, 0) is 19.4 Å². The summed E-state index contributed by atoms with van der Waals surface area (Å²) in [5.41, 5.74) is 1.13. The highest BCUT2D eigenvalue weighted by atomic mass is 15.3. The van der Waals surface area contributed by atoms with Gasteiger partial charge in [0.1, 0.15) is 6.33 Å². The average molecular weight is 228 g/mol. The molecule has 4 nitrogen and oxygen atoms in total. The fourth-order valence-corrected chi connectivity index (χ4v) is 2.37. The van der Waals surface area contributed by atoms with Gasteiger partial charge in [-0.15, -0.1) is 10.2 Å². The van der Waals surface area contributed by atoms with Crippen LogP contribution in [0.5, 0.6) is 0 Å². The predicted octanol–water partition coefficient (Wildman–Crippen LogP) is 1.87. The van der Waals surface area contributed by atoms with Crippen molar-refractivity contribution in [1.82, 2.24) is 20.1 Å². The van der Waals surface area contributed by atoms with Gasteiger partial charge in [0.05, 0.1) is 0 Å². The van der Waals surface area contributed by atoms with Crippen molar-refractivity contribution < 1.29 is 0 Å². The van der Waals surface area contributed by atoms with Crippen LogP contribution in [0.1, 0.15) is 18.9 Å². The summed E-state index contributed by atoms with van der Waals surface area (Å²) in [6.07, 6.45) is 4.27. The maximum absolute atomic E-state index is 4.25. The van der Waals surface area contributed by atoms with Crippen molar-refractivity contribution in [3.05, 3.63) is 36.7 Å². The average Bonchev–Trinajstić information content (AvgIpc) is 2.90. The van der Waals surface area contributed by atoms with Crippen LogP contribution in [0, 0.1) is 0 Å². The maximum atomic E-state index is 4.25. The van der Waals surface area contributed by atoms with E-state index in [4.69, 9.17) is 0 Å². The molecule has 1 aliphatic rings. The summed E-state index contributed by atoms with van der Waals surface area (Å²) in [5.74, 6) is 0.972. The van der Waals surface area contributed by atoms with Gasteiger partial charge >= 0.3 is 0 Å². The van der Waals surface area contributed by atoms with Gasteiger partial charge in [0.15, 0.2) is 5.82 Å². The zero-order chi connectivity index (χ0) is 11.5. The number of hydrogen-bond acceptors (Lipinski definition) is 3. The molecule has 2 aromatic rings. The van der Waals surface area contributed by atoms with Crippen molar-refractivity contribution >= 4 is 0 Å². The van der Waals surface area contributed by atoms with Gasteiger partial charge in [-0.1, -0.05) is 30.3 Å². The molecule has 1 aromatic carbocycles. The van der Waals surface area contributed by atoms with Crippen molar-refractivity contribution in [3.63, 3.8) is 0 Å². The fourth-order valence-electron chi connectivity index (χ4n) is 2.37. The Kier molecular flexibility index (Phi) is 2.88. The largest absolute Gasteiger partial charge is 0.315 e. The van der Waals surface area contributed by atoms with Crippen molar-refractivity contribution in [2.45, 2.75) is 18.9 Å². The Hall–Kier alpha value is -1.68. The molecule has 1 atom stereocenters. The van der Waals surface area contributed by atoms with Gasteiger partial charge < -0.3 is 9.88 Å². The van der Waals surface area contributed by atoms with Crippen LogP contribution in [0.2, 0.25) is 0 Å². The molecule has 0 aliphatic carbocycles. The number of rotatable bonds is 2. The molecular formula is C13H16N4. The van der Waals surface area contributed by atoms with Crippen molar-refractivity contribution in [1.29, 1.82) is 0 Å². The van der Waals surface area contributed by atoms with Gasteiger partial charge in [0.2, 0.25) is 0 Å². The van der Waals surface area contributed by atoms with Crippen LogP contribution in [0.25, 0.3) is 11.4 Å². The minimum absolute atomic E-state index is 0.481. The van der Waals surface area contributed by atoms with E-state index in [2.05, 4.69) is 32.2 Å². The van der Waals surface area contributed by atoms with Gasteiger partial charge in [-0.2, -0.15) is 0 Å². The van der Waals surface area contributed by atoms with E-state index in [0.29, 0.717) is 6.04 Å². The third-order valence-corrected chi connectivity index (χ3v) is 3.27. The number of benzene rings is 1. The van der Waals surface area contributed by atoms with Crippen LogP contribution in [-0.2, 0) is 0 Å². The second-order valence-electron chi connectivity index (χ2n) is 4.43. The number of piperidine rings is 1. The summed E-state index contributed by atoms with van der Waals surface area (Å²) in [7, 11) is 0. The molecule has 3 rings (SSSR count). The minimum atomic E-state index is 0.481. The van der Waals surface area contributed by atoms with Gasteiger partial charge in [0, 0.05) is 18.2 Å². The molecule has 0 radical (unpaired) electrons. The van der Waals surface area contributed by atoms with E-state index in [1.165, 1.54) is 12.8 Å². The number of nitrogens with zero attached hydrogens (tertiary/aromatic N) is 3. The molecule has 1 unspecified atom stereocenters. The normalized spacial score (nSPS) is 20.4. The van der Waals surface area contributed by atoms with Crippen LogP contribution in [0.15, 0.2) is 36.7 Å². The Bertz CT molecular complexity index is 471. The van der Waals surface area contributed by atoms with E-state index in [1.54, 1.807) is 0 Å². The minimum Gasteiger partial charge on any atom is -0.315 e. The second-order valence-corrected chi connectivity index (χ2v) is 4.43. The highest BCUT2D eigenvalue weighted by Gasteiger charge is 2.18. The first kappa shape index (κ1) is 10.5. The van der Waals surface area contributed by atoms with Crippen LogP contribution in [-0.4, -0.2) is 27.9 Å². The molecular weight excluding hydrogens is 212 g/mol. The molecule has 1 saturated heterocycles. The molecule has 0 saturated carbocycles. The quantitative estimate of drug-likeness (QED) is 0.853. The highest BCUT2D eigenvalue weighted by Crippen LogP contribution is 2.23. The molecule has 88 valence electrons. The van der Waals surface area contributed by atoms with E-state index in [0.717, 1.165) is 24.5 Å². The molecule has 1 aromatic heterocycles. The molecule has 17 heavy (non-hydrogen) atoms. The van der Waals surface area contributed by atoms with Crippen LogP contribution < -0.4 is 5.32 Å². The highest BCUT2D eigenvalue weighted by molar-refractivity contribution is 5.54. The number of hydrogen-bond donors (Lipinski definition) is 1. The Morgan fingerprint density at radius 1 is 1.24 bits per heavy atom. The first-order chi connectivity index (χ1) is 8.45. The molecule has 1 fully saturated rings. The Morgan fingerprint density at radius 3 is 2.88 bits per heavy atom. The van der Waals surface area contributed by atoms with Crippen LogP contribution in [0.4, 0.5) is 0 Å². The lowest BCUT2D eigenvalue weighted by molar-refractivity contribution is 0.373. The van der Waals surface area contributed by atoms with Crippen molar-refractivity contribution in [2.75, 3.05) is 13.1 Å². The Balaban J connectivity index is 1.93. The molecule has 1 aliphatic heterocycles. The van der Waals surface area contributed by atoms with E-state index in [-0.39, 0.29) is 0 Å². The maximum Gasteiger partial charge on any atom is 0.164 e. The van der Waals surface area contributed by atoms with E-state index >= 15 is 0 Å². The predicted molar refractivity (Wildman–Crippen MR) is 66.6 cm³/mol. The van der Waals surface area contributed by atoms with Gasteiger partial charge in [-0.25, -0.2) is 0 Å². The van der Waals surface area contributed by atoms with Crippen LogP contribution >= 0.6 is 0 Å². The number of aromatic nitrogens is 3. The van der Waals surface area contributed by atoms with E-state index in [1.807, 2.05) is 24.5 Å². The summed E-state index contributed by atoms with van der Waals surface area (Å²) in [6, 6.07) is 10.7. The number of nitrogens with one attached hydrogen (secondary N) is 1. The fraction of sp³-hybridized carbons (Fsp3) is 0.385. The first-order valence-electron chi connectivity index (χ1n) is 6.11. The zero-order valence-corrected chi connectivity index (χ0v) is 9.71. The lowest BCUT2D eigenvalue weighted by Crippen LogP contribution is -2.31. The summed E-state index contributed by atoms with van der Waals surface area (Å²) >= 11 is 0. The standard InChI is InChI=1S/C13H16N4/c1-2-5-11(6-3-1)13-16-15-10-17(13)12-7-4-8-14-9-12/h1-3,5-6,10,12,14H,4,7-9H2. The lowest BCUT2D eigenvalue weighted by atomic mass is 10.1. The van der Waals surface area contributed by atoms with Crippen LogP contribution in [0.3, 0.4) is 0 Å². The summed E-state index contributed by atoms with van der Waals surface area (Å²) < 4.78 is 2.20. The smallest absolute Gasteiger partial charge is 0.164 e. The lowest BCUT2D eigenvalue weighted by Gasteiger charge is -2.24. The Labute approximate surface area is 101 Å². The first-order valence-corrected chi connectivity index (χ1v) is 6.11. The topological polar surface area (TPSA) is 42.7 Å². The van der Waals surface area contributed by atoms with Crippen molar-refractivity contribution in [3.8, 4) is 11.4 Å². The summed E-state index contributed by atoms with van der Waals surface area (Å²) in [6.45, 7) is 2.14. The van der Waals surface area contributed by atoms with E-state index < -0.39 is 0 Å². The molecule has 0 amide bonds. The second kappa shape index (κ2) is 4.67. The molecule has 1 N–H and O–H groups in total.